The Labute approximate surface area is 204 Å². The zero-order valence-corrected chi connectivity index (χ0v) is 19.0. The molecular weight excluding hydrogens is 470 g/mol. The number of nitrogens with zero attached hydrogens (tertiary/aromatic N) is 2. The van der Waals surface area contributed by atoms with E-state index in [1.54, 1.807) is 12.1 Å². The van der Waals surface area contributed by atoms with E-state index in [4.69, 9.17) is 0 Å². The number of aromatic nitrogens is 1. The van der Waals surface area contributed by atoms with Gasteiger partial charge in [0.1, 0.15) is 5.82 Å². The van der Waals surface area contributed by atoms with Crippen LogP contribution in [0.1, 0.15) is 35.6 Å². The van der Waals surface area contributed by atoms with Crippen LogP contribution in [-0.2, 0) is 15.0 Å². The Morgan fingerprint density at radius 2 is 1.89 bits per heavy atom. The molecule has 0 bridgehead atoms. The number of hydrogen-bond donors (Lipinski definition) is 2. The topological polar surface area (TPSA) is 102 Å². The fourth-order valence-corrected chi connectivity index (χ4v) is 4.56. The van der Waals surface area contributed by atoms with Gasteiger partial charge in [0.2, 0.25) is 5.91 Å². The number of carbonyl (C=O) groups is 2. The van der Waals surface area contributed by atoms with Gasteiger partial charge in [-0.15, -0.1) is 8.78 Å². The number of hydrogen-bond acceptors (Lipinski definition) is 6. The number of pyridine rings is 1. The van der Waals surface area contributed by atoms with Crippen LogP contribution in [0.4, 0.5) is 14.6 Å². The summed E-state index contributed by atoms with van der Waals surface area (Å²) >= 11 is 0. The fraction of sp³-hybridized carbons (Fsp3) is 0.231. The molecule has 1 fully saturated rings. The van der Waals surface area contributed by atoms with Gasteiger partial charge >= 0.3 is 6.29 Å². The third-order valence-corrected chi connectivity index (χ3v) is 6.63. The first-order chi connectivity index (χ1) is 17.2. The van der Waals surface area contributed by atoms with Gasteiger partial charge < -0.3 is 20.1 Å². The van der Waals surface area contributed by atoms with E-state index in [1.807, 2.05) is 37.3 Å². The summed E-state index contributed by atoms with van der Waals surface area (Å²) in [5.74, 6) is -0.262. The van der Waals surface area contributed by atoms with E-state index < -0.39 is 17.8 Å². The van der Waals surface area contributed by atoms with Crippen LogP contribution in [0.2, 0.25) is 0 Å². The van der Waals surface area contributed by atoms with Gasteiger partial charge in [-0.05, 0) is 60.7 Å². The van der Waals surface area contributed by atoms with Crippen molar-refractivity contribution in [2.45, 2.75) is 37.5 Å². The third-order valence-electron chi connectivity index (χ3n) is 6.63. The Morgan fingerprint density at radius 1 is 1.08 bits per heavy atom. The summed E-state index contributed by atoms with van der Waals surface area (Å²) in [7, 11) is 0. The maximum Gasteiger partial charge on any atom is 0.586 e. The van der Waals surface area contributed by atoms with Crippen molar-refractivity contribution in [1.29, 1.82) is 0 Å². The van der Waals surface area contributed by atoms with Gasteiger partial charge in [0.25, 0.3) is 5.91 Å². The summed E-state index contributed by atoms with van der Waals surface area (Å²) < 4.78 is 35.8. The van der Waals surface area contributed by atoms with Crippen LogP contribution in [-0.4, -0.2) is 29.4 Å². The molecule has 182 valence electrons. The van der Waals surface area contributed by atoms with Crippen molar-refractivity contribution >= 4 is 24.0 Å². The van der Waals surface area contributed by atoms with Crippen molar-refractivity contribution in [2.75, 3.05) is 5.32 Å². The van der Waals surface area contributed by atoms with E-state index in [-0.39, 0.29) is 23.3 Å². The highest BCUT2D eigenvalue weighted by Crippen LogP contribution is 2.52. The van der Waals surface area contributed by atoms with Gasteiger partial charge in [-0.2, -0.15) is 0 Å². The first kappa shape index (κ1) is 22.1. The SMILES string of the molecule is Cc1ccc(NC(=O)C2(c3ccc4c(c3)OC(F)(F)O4)CC2)nc1-c1cccc(C2N=CNC2=O)c1. The fourth-order valence-electron chi connectivity index (χ4n) is 4.56. The minimum absolute atomic E-state index is 0.0622. The number of anilines is 1. The maximum atomic E-state index is 13.4. The number of aliphatic imine (C=N–C) groups is 1. The lowest BCUT2D eigenvalue weighted by atomic mass is 9.94. The van der Waals surface area contributed by atoms with E-state index in [0.717, 1.165) is 16.7 Å². The van der Waals surface area contributed by atoms with E-state index >= 15 is 0 Å². The van der Waals surface area contributed by atoms with Crippen molar-refractivity contribution < 1.29 is 27.8 Å². The molecule has 2 aliphatic heterocycles. The normalized spacial score (nSPS) is 20.2. The minimum Gasteiger partial charge on any atom is -0.395 e. The molecule has 0 radical (unpaired) electrons. The molecule has 0 spiro atoms. The van der Waals surface area contributed by atoms with Crippen LogP contribution in [0.5, 0.6) is 11.5 Å². The number of aryl methyl sites for hydroxylation is 1. The average molecular weight is 490 g/mol. The Hall–Kier alpha value is -4.34. The monoisotopic (exact) mass is 490 g/mol. The molecule has 6 rings (SSSR count). The second kappa shape index (κ2) is 7.84. The molecule has 2 amide bonds. The number of ether oxygens (including phenoxy) is 2. The van der Waals surface area contributed by atoms with Crippen molar-refractivity contribution in [3.63, 3.8) is 0 Å². The summed E-state index contributed by atoms with van der Waals surface area (Å²) in [5, 5.41) is 5.46. The lowest BCUT2D eigenvalue weighted by molar-refractivity contribution is -0.286. The first-order valence-electron chi connectivity index (χ1n) is 11.4. The first-order valence-corrected chi connectivity index (χ1v) is 11.4. The molecular formula is C26H20F2N4O4. The second-order valence-electron chi connectivity index (χ2n) is 9.04. The number of fused-ring (bicyclic) bond motifs is 1. The van der Waals surface area contributed by atoms with Crippen LogP contribution >= 0.6 is 0 Å². The van der Waals surface area contributed by atoms with Gasteiger partial charge in [-0.3, -0.25) is 14.6 Å². The number of amides is 2. The molecule has 3 heterocycles. The number of rotatable bonds is 5. The number of carbonyl (C=O) groups excluding carboxylic acids is 2. The number of benzene rings is 2. The summed E-state index contributed by atoms with van der Waals surface area (Å²) in [5.41, 5.74) is 2.80. The highest BCUT2D eigenvalue weighted by Gasteiger charge is 2.53. The van der Waals surface area contributed by atoms with Gasteiger partial charge in [0, 0.05) is 5.56 Å². The molecule has 1 saturated carbocycles. The van der Waals surface area contributed by atoms with E-state index in [0.29, 0.717) is 29.9 Å². The Bertz CT molecular complexity index is 1450. The summed E-state index contributed by atoms with van der Waals surface area (Å²) in [6.07, 6.45) is -1.19. The molecule has 3 aromatic rings. The van der Waals surface area contributed by atoms with Gasteiger partial charge in [0.15, 0.2) is 17.5 Å². The van der Waals surface area contributed by atoms with Crippen molar-refractivity contribution in [2.24, 2.45) is 4.99 Å². The van der Waals surface area contributed by atoms with E-state index in [1.165, 1.54) is 18.5 Å². The number of alkyl halides is 2. The maximum absolute atomic E-state index is 13.4. The van der Waals surface area contributed by atoms with E-state index in [2.05, 4.69) is 30.1 Å². The molecule has 10 heteroatoms. The second-order valence-corrected chi connectivity index (χ2v) is 9.04. The molecule has 0 saturated heterocycles. The predicted octanol–water partition coefficient (Wildman–Crippen LogP) is 4.25. The molecule has 2 N–H and O–H groups in total. The molecule has 1 atom stereocenters. The molecule has 1 unspecified atom stereocenters. The van der Waals surface area contributed by atoms with E-state index in [9.17, 15) is 18.4 Å². The summed E-state index contributed by atoms with van der Waals surface area (Å²) in [6, 6.07) is 14.8. The average Bonchev–Trinajstić information content (AvgIpc) is 3.45. The molecule has 1 aliphatic carbocycles. The molecule has 1 aromatic heterocycles. The molecule has 36 heavy (non-hydrogen) atoms. The van der Waals surface area contributed by atoms with Crippen LogP contribution in [0.3, 0.4) is 0 Å². The lowest BCUT2D eigenvalue weighted by Crippen LogP contribution is -2.28. The summed E-state index contributed by atoms with van der Waals surface area (Å²) in [6.45, 7) is 1.91. The molecule has 8 nitrogen and oxygen atoms in total. The van der Waals surface area contributed by atoms with Crippen molar-refractivity contribution in [1.82, 2.24) is 10.3 Å². The van der Waals surface area contributed by atoms with Crippen molar-refractivity contribution in [3.05, 3.63) is 71.3 Å². The highest BCUT2D eigenvalue weighted by molar-refractivity contribution is 6.01. The molecule has 3 aliphatic rings. The Balaban J connectivity index is 1.25. The number of halogens is 2. The molecule has 2 aromatic carbocycles. The third kappa shape index (κ3) is 3.74. The predicted molar refractivity (Wildman–Crippen MR) is 126 cm³/mol. The van der Waals surface area contributed by atoms with Crippen LogP contribution < -0.4 is 20.1 Å². The Morgan fingerprint density at radius 3 is 2.64 bits per heavy atom. The largest absolute Gasteiger partial charge is 0.586 e. The Kier molecular flexibility index (Phi) is 4.82. The smallest absolute Gasteiger partial charge is 0.395 e. The minimum atomic E-state index is -3.71. The van der Waals surface area contributed by atoms with Crippen LogP contribution in [0.15, 0.2) is 59.6 Å². The van der Waals surface area contributed by atoms with Gasteiger partial charge in [0.05, 0.1) is 17.4 Å². The quantitative estimate of drug-likeness (QED) is 0.557. The van der Waals surface area contributed by atoms with Crippen molar-refractivity contribution in [3.8, 4) is 22.8 Å². The lowest BCUT2D eigenvalue weighted by Gasteiger charge is -2.17. The zero-order chi connectivity index (χ0) is 25.1. The van der Waals surface area contributed by atoms with Gasteiger partial charge in [-0.1, -0.05) is 30.3 Å². The van der Waals surface area contributed by atoms with Crippen LogP contribution in [0, 0.1) is 6.92 Å². The highest BCUT2D eigenvalue weighted by atomic mass is 19.3. The van der Waals surface area contributed by atoms with Crippen LogP contribution in [0.25, 0.3) is 11.3 Å². The number of nitrogens with one attached hydrogen (secondary N) is 2. The standard InChI is InChI=1S/C26H20F2N4O4/c1-14-5-8-20(31-21(14)15-3-2-4-16(11-15)22-23(33)30-13-29-22)32-24(34)25(9-10-25)17-6-7-18-19(12-17)36-26(27,28)35-18/h2-8,11-13,22H,9-10H2,1H3,(H,29,30,33)(H,31,32,34). The van der Waals surface area contributed by atoms with Gasteiger partial charge in [-0.25, -0.2) is 4.98 Å². The summed E-state index contributed by atoms with van der Waals surface area (Å²) in [4.78, 5) is 34.2. The zero-order valence-electron chi connectivity index (χ0n) is 19.0.